The molecule has 0 unspecified atom stereocenters. The van der Waals surface area contributed by atoms with Gasteiger partial charge in [0.1, 0.15) is 0 Å². The summed E-state index contributed by atoms with van der Waals surface area (Å²) in [6, 6.07) is 8.15. The first-order valence-corrected chi connectivity index (χ1v) is 5.92. The Morgan fingerprint density at radius 3 is 2.53 bits per heavy atom. The van der Waals surface area contributed by atoms with Gasteiger partial charge < -0.3 is 10.0 Å². The fourth-order valence-electron chi connectivity index (χ4n) is 1.76. The molecule has 0 fully saturated rings. The molecule has 0 saturated heterocycles. The van der Waals surface area contributed by atoms with Crippen LogP contribution in [0.3, 0.4) is 0 Å². The molecule has 3 heteroatoms. The lowest BCUT2D eigenvalue weighted by Gasteiger charge is -2.30. The number of benzene rings is 1. The Bertz CT molecular complexity index is 399. The average molecular weight is 235 g/mol. The number of nitrogens with zero attached hydrogens (tertiary/aromatic N) is 1. The molecule has 0 aliphatic carbocycles. The van der Waals surface area contributed by atoms with Crippen molar-refractivity contribution in [2.24, 2.45) is 5.41 Å². The smallest absolute Gasteiger partial charge is 0.310 e. The lowest BCUT2D eigenvalue weighted by molar-refractivity contribution is -0.146. The van der Waals surface area contributed by atoms with Crippen LogP contribution in [0.5, 0.6) is 0 Å². The van der Waals surface area contributed by atoms with E-state index in [1.807, 2.05) is 32.0 Å². The Balaban J connectivity index is 2.90. The number of carbonyl (C=O) groups is 1. The molecule has 0 bridgehead atoms. The van der Waals surface area contributed by atoms with Crippen LogP contribution in [0, 0.1) is 12.3 Å². The lowest BCUT2D eigenvalue weighted by Crippen LogP contribution is -2.39. The Kier molecular flexibility index (Phi) is 4.16. The van der Waals surface area contributed by atoms with Crippen LogP contribution in [-0.4, -0.2) is 24.2 Å². The molecule has 17 heavy (non-hydrogen) atoms. The summed E-state index contributed by atoms with van der Waals surface area (Å²) < 4.78 is 0. The maximum atomic E-state index is 11.1. The second-order valence-corrected chi connectivity index (χ2v) is 5.04. The monoisotopic (exact) mass is 235 g/mol. The summed E-state index contributed by atoms with van der Waals surface area (Å²) in [7, 11) is 0. The minimum atomic E-state index is -0.761. The van der Waals surface area contributed by atoms with Crippen molar-refractivity contribution in [3.63, 3.8) is 0 Å². The third-order valence-electron chi connectivity index (χ3n) is 2.91. The van der Waals surface area contributed by atoms with Crippen molar-refractivity contribution in [1.82, 2.24) is 0 Å². The van der Waals surface area contributed by atoms with E-state index in [9.17, 15) is 4.79 Å². The largest absolute Gasteiger partial charge is 0.481 e. The maximum Gasteiger partial charge on any atom is 0.310 e. The molecule has 1 aromatic carbocycles. The van der Waals surface area contributed by atoms with E-state index in [0.29, 0.717) is 6.54 Å². The minimum Gasteiger partial charge on any atom is -0.481 e. The molecule has 0 aliphatic heterocycles. The van der Waals surface area contributed by atoms with Crippen molar-refractivity contribution in [3.05, 3.63) is 29.8 Å². The normalized spacial score (nSPS) is 11.3. The molecule has 1 aromatic rings. The summed E-state index contributed by atoms with van der Waals surface area (Å²) in [6.45, 7) is 8.92. The van der Waals surface area contributed by atoms with Gasteiger partial charge in [-0.25, -0.2) is 0 Å². The van der Waals surface area contributed by atoms with Gasteiger partial charge in [-0.05, 0) is 45.4 Å². The zero-order valence-corrected chi connectivity index (χ0v) is 11.0. The maximum absolute atomic E-state index is 11.1. The molecule has 1 rings (SSSR count). The van der Waals surface area contributed by atoms with E-state index in [1.165, 1.54) is 5.56 Å². The van der Waals surface area contributed by atoms with Gasteiger partial charge in [-0.3, -0.25) is 4.79 Å². The van der Waals surface area contributed by atoms with E-state index in [0.717, 1.165) is 12.2 Å². The van der Waals surface area contributed by atoms with Gasteiger partial charge in [-0.1, -0.05) is 12.1 Å². The van der Waals surface area contributed by atoms with Crippen molar-refractivity contribution in [2.75, 3.05) is 18.0 Å². The summed E-state index contributed by atoms with van der Waals surface area (Å²) in [5.41, 5.74) is 1.54. The molecule has 0 atom stereocenters. The van der Waals surface area contributed by atoms with E-state index in [4.69, 9.17) is 5.11 Å². The topological polar surface area (TPSA) is 40.5 Å². The molecule has 1 N–H and O–H groups in total. The molecular formula is C14H21NO2. The molecule has 0 heterocycles. The quantitative estimate of drug-likeness (QED) is 0.853. The van der Waals surface area contributed by atoms with Gasteiger partial charge in [-0.2, -0.15) is 0 Å². The van der Waals surface area contributed by atoms with Crippen LogP contribution in [0.25, 0.3) is 0 Å². The first-order valence-electron chi connectivity index (χ1n) is 5.92. The van der Waals surface area contributed by atoms with Crippen LogP contribution in [0.2, 0.25) is 0 Å². The summed E-state index contributed by atoms with van der Waals surface area (Å²) in [6.07, 6.45) is 0. The molecule has 3 nitrogen and oxygen atoms in total. The minimum absolute atomic E-state index is 0.516. The summed E-state index contributed by atoms with van der Waals surface area (Å²) in [5, 5.41) is 9.16. The number of anilines is 1. The van der Waals surface area contributed by atoms with Gasteiger partial charge >= 0.3 is 5.97 Å². The van der Waals surface area contributed by atoms with Gasteiger partial charge in [-0.15, -0.1) is 0 Å². The second-order valence-electron chi connectivity index (χ2n) is 5.04. The van der Waals surface area contributed by atoms with Crippen molar-refractivity contribution in [1.29, 1.82) is 0 Å². The number of hydrogen-bond acceptors (Lipinski definition) is 2. The number of aryl methyl sites for hydroxylation is 1. The zero-order chi connectivity index (χ0) is 13.1. The number of hydrogen-bond donors (Lipinski definition) is 1. The van der Waals surface area contributed by atoms with Crippen LogP contribution < -0.4 is 4.90 Å². The first kappa shape index (κ1) is 13.6. The highest BCUT2D eigenvalue weighted by Gasteiger charge is 2.29. The Morgan fingerprint density at radius 1 is 1.41 bits per heavy atom. The average Bonchev–Trinajstić information content (AvgIpc) is 2.25. The summed E-state index contributed by atoms with van der Waals surface area (Å²) >= 11 is 0. The SMILES string of the molecule is CCN(CC(C)(C)C(=O)O)c1cccc(C)c1. The van der Waals surface area contributed by atoms with Crippen LogP contribution in [0.1, 0.15) is 26.3 Å². The number of carboxylic acids is 1. The standard InChI is InChI=1S/C14H21NO2/c1-5-15(10-14(3,4)13(16)17)12-8-6-7-11(2)9-12/h6-9H,5,10H2,1-4H3,(H,16,17). The third-order valence-corrected chi connectivity index (χ3v) is 2.91. The molecule has 0 saturated carbocycles. The Labute approximate surface area is 103 Å². The fourth-order valence-corrected chi connectivity index (χ4v) is 1.76. The van der Waals surface area contributed by atoms with E-state index in [-0.39, 0.29) is 0 Å². The van der Waals surface area contributed by atoms with E-state index >= 15 is 0 Å². The van der Waals surface area contributed by atoms with Gasteiger partial charge in [0, 0.05) is 18.8 Å². The van der Waals surface area contributed by atoms with E-state index < -0.39 is 11.4 Å². The predicted molar refractivity (Wildman–Crippen MR) is 70.5 cm³/mol. The Hall–Kier alpha value is -1.51. The van der Waals surface area contributed by atoms with Crippen molar-refractivity contribution < 1.29 is 9.90 Å². The third kappa shape index (κ3) is 3.48. The van der Waals surface area contributed by atoms with Gasteiger partial charge in [0.15, 0.2) is 0 Å². The molecule has 0 amide bonds. The number of carboxylic acid groups (broad SMARTS) is 1. The highest BCUT2D eigenvalue weighted by molar-refractivity contribution is 5.74. The first-order chi connectivity index (χ1) is 7.86. The van der Waals surface area contributed by atoms with Crippen LogP contribution in [0.15, 0.2) is 24.3 Å². The zero-order valence-electron chi connectivity index (χ0n) is 11.0. The molecular weight excluding hydrogens is 214 g/mol. The van der Waals surface area contributed by atoms with Gasteiger partial charge in [0.25, 0.3) is 0 Å². The van der Waals surface area contributed by atoms with Crippen LogP contribution in [0.4, 0.5) is 5.69 Å². The van der Waals surface area contributed by atoms with Crippen molar-refractivity contribution in [3.8, 4) is 0 Å². The lowest BCUT2D eigenvalue weighted by atomic mass is 9.93. The Morgan fingerprint density at radius 2 is 2.06 bits per heavy atom. The number of rotatable bonds is 5. The highest BCUT2D eigenvalue weighted by atomic mass is 16.4. The number of aliphatic carboxylic acids is 1. The van der Waals surface area contributed by atoms with E-state index in [1.54, 1.807) is 13.8 Å². The predicted octanol–water partition coefficient (Wildman–Crippen LogP) is 2.93. The van der Waals surface area contributed by atoms with Gasteiger partial charge in [0.05, 0.1) is 5.41 Å². The molecule has 94 valence electrons. The summed E-state index contributed by atoms with van der Waals surface area (Å²) in [4.78, 5) is 13.2. The summed E-state index contributed by atoms with van der Waals surface area (Å²) in [5.74, 6) is -0.761. The molecule has 0 radical (unpaired) electrons. The van der Waals surface area contributed by atoms with Gasteiger partial charge in [0.2, 0.25) is 0 Å². The van der Waals surface area contributed by atoms with Crippen LogP contribution >= 0.6 is 0 Å². The molecule has 0 aromatic heterocycles. The molecule has 0 spiro atoms. The highest BCUT2D eigenvalue weighted by Crippen LogP contribution is 2.23. The van der Waals surface area contributed by atoms with Crippen molar-refractivity contribution >= 4 is 11.7 Å². The fraction of sp³-hybridized carbons (Fsp3) is 0.500. The van der Waals surface area contributed by atoms with E-state index in [2.05, 4.69) is 11.0 Å². The van der Waals surface area contributed by atoms with Crippen LogP contribution in [-0.2, 0) is 4.79 Å². The second kappa shape index (κ2) is 5.21. The van der Waals surface area contributed by atoms with Crippen molar-refractivity contribution in [2.45, 2.75) is 27.7 Å². The molecule has 0 aliphatic rings.